The smallest absolute Gasteiger partial charge is 0.223 e. The van der Waals surface area contributed by atoms with Crippen LogP contribution in [0.1, 0.15) is 24.8 Å². The molecule has 0 aliphatic carbocycles. The molecular weight excluding hydrogens is 273 g/mol. The molecule has 0 aromatic carbocycles. The van der Waals surface area contributed by atoms with E-state index in [4.69, 9.17) is 27.9 Å². The number of hydrogen-bond donors (Lipinski definition) is 1. The monoisotopic (exact) mass is 289 g/mol. The molecule has 2 heterocycles. The summed E-state index contributed by atoms with van der Waals surface area (Å²) in [6.07, 6.45) is 5.21. The van der Waals surface area contributed by atoms with Crippen LogP contribution in [0.5, 0.6) is 0 Å². The van der Waals surface area contributed by atoms with Gasteiger partial charge in [0, 0.05) is 18.4 Å². The maximum atomic E-state index is 5.93. The zero-order chi connectivity index (χ0) is 12.8. The van der Waals surface area contributed by atoms with Gasteiger partial charge in [0.15, 0.2) is 0 Å². The summed E-state index contributed by atoms with van der Waals surface area (Å²) in [5.41, 5.74) is 0.784. The van der Waals surface area contributed by atoms with Crippen molar-refractivity contribution in [3.8, 4) is 0 Å². The maximum absolute atomic E-state index is 5.93. The molecule has 0 unspecified atom stereocenters. The lowest BCUT2D eigenvalue weighted by Gasteiger charge is -2.22. The summed E-state index contributed by atoms with van der Waals surface area (Å²) < 4.78 is 5.62. The predicted molar refractivity (Wildman–Crippen MR) is 71.9 cm³/mol. The number of ether oxygens (including phenoxy) is 1. The van der Waals surface area contributed by atoms with Crippen molar-refractivity contribution < 1.29 is 4.74 Å². The van der Waals surface area contributed by atoms with Gasteiger partial charge in [-0.15, -0.1) is 0 Å². The van der Waals surface area contributed by atoms with Crippen molar-refractivity contribution in [2.24, 2.45) is 5.92 Å². The van der Waals surface area contributed by atoms with Crippen LogP contribution in [0.3, 0.4) is 0 Å². The zero-order valence-corrected chi connectivity index (χ0v) is 11.7. The van der Waals surface area contributed by atoms with Crippen LogP contribution in [-0.2, 0) is 11.3 Å². The van der Waals surface area contributed by atoms with Crippen LogP contribution in [0.25, 0.3) is 0 Å². The van der Waals surface area contributed by atoms with Crippen molar-refractivity contribution in [3.05, 3.63) is 22.2 Å². The molecule has 100 valence electrons. The van der Waals surface area contributed by atoms with E-state index in [2.05, 4.69) is 15.3 Å². The molecule has 0 bridgehead atoms. The Labute approximate surface area is 117 Å². The van der Waals surface area contributed by atoms with Gasteiger partial charge in [0.25, 0.3) is 0 Å². The fraction of sp³-hybridized carbons (Fsp3) is 0.667. The van der Waals surface area contributed by atoms with E-state index in [0.29, 0.717) is 11.8 Å². The molecule has 2 rings (SSSR count). The number of halogens is 2. The van der Waals surface area contributed by atoms with Crippen molar-refractivity contribution in [1.29, 1.82) is 0 Å². The van der Waals surface area contributed by atoms with Gasteiger partial charge in [-0.05, 0) is 49.9 Å². The lowest BCUT2D eigenvalue weighted by atomic mass is 9.95. The first-order valence-corrected chi connectivity index (χ1v) is 6.96. The largest absolute Gasteiger partial charge is 0.377 e. The Bertz CT molecular complexity index is 384. The second kappa shape index (κ2) is 7.24. The highest BCUT2D eigenvalue weighted by atomic mass is 35.5. The van der Waals surface area contributed by atoms with Crippen LogP contribution in [0.4, 0.5) is 0 Å². The maximum Gasteiger partial charge on any atom is 0.223 e. The lowest BCUT2D eigenvalue weighted by molar-refractivity contribution is 0.102. The highest BCUT2D eigenvalue weighted by molar-refractivity contribution is 6.32. The molecule has 0 spiro atoms. The average molecular weight is 290 g/mol. The molecule has 1 aromatic heterocycles. The molecule has 4 nitrogen and oxygen atoms in total. The first-order chi connectivity index (χ1) is 8.75. The molecule has 6 heteroatoms. The van der Waals surface area contributed by atoms with Crippen molar-refractivity contribution in [2.75, 3.05) is 19.7 Å². The van der Waals surface area contributed by atoms with Crippen molar-refractivity contribution in [1.82, 2.24) is 15.3 Å². The first-order valence-electron chi connectivity index (χ1n) is 6.21. The number of piperidine rings is 1. The third-order valence-electron chi connectivity index (χ3n) is 3.17. The summed E-state index contributed by atoms with van der Waals surface area (Å²) in [6, 6.07) is 0. The second-order valence-corrected chi connectivity index (χ2v) is 5.19. The van der Waals surface area contributed by atoms with Crippen LogP contribution < -0.4 is 5.32 Å². The van der Waals surface area contributed by atoms with Gasteiger partial charge in [-0.3, -0.25) is 0 Å². The van der Waals surface area contributed by atoms with E-state index in [1.54, 1.807) is 6.20 Å². The molecule has 1 aliphatic heterocycles. The molecule has 1 saturated heterocycles. The van der Waals surface area contributed by atoms with Gasteiger partial charge in [0.2, 0.25) is 5.28 Å². The number of rotatable bonds is 5. The normalized spacial score (nSPS) is 17.0. The van der Waals surface area contributed by atoms with Crippen LogP contribution in [0.2, 0.25) is 10.4 Å². The summed E-state index contributed by atoms with van der Waals surface area (Å²) in [4.78, 5) is 7.76. The Morgan fingerprint density at radius 1 is 1.33 bits per heavy atom. The van der Waals surface area contributed by atoms with Gasteiger partial charge in [-0.2, -0.15) is 0 Å². The van der Waals surface area contributed by atoms with Crippen LogP contribution in [0.15, 0.2) is 6.20 Å². The first kappa shape index (κ1) is 14.0. The van der Waals surface area contributed by atoms with E-state index in [0.717, 1.165) is 37.6 Å². The molecule has 18 heavy (non-hydrogen) atoms. The van der Waals surface area contributed by atoms with Crippen LogP contribution >= 0.6 is 23.2 Å². The molecule has 1 aromatic rings. The van der Waals surface area contributed by atoms with Crippen molar-refractivity contribution in [3.63, 3.8) is 0 Å². The molecule has 1 aliphatic rings. The minimum atomic E-state index is 0.165. The topological polar surface area (TPSA) is 47.0 Å². The minimum absolute atomic E-state index is 0.165. The van der Waals surface area contributed by atoms with Gasteiger partial charge < -0.3 is 10.1 Å². The fourth-order valence-corrected chi connectivity index (χ4v) is 2.43. The third kappa shape index (κ3) is 4.35. The van der Waals surface area contributed by atoms with E-state index in [9.17, 15) is 0 Å². The summed E-state index contributed by atoms with van der Waals surface area (Å²) in [5, 5.41) is 3.89. The quantitative estimate of drug-likeness (QED) is 0.514. The Balaban J connectivity index is 1.68. The molecule has 0 amide bonds. The zero-order valence-electron chi connectivity index (χ0n) is 10.2. The minimum Gasteiger partial charge on any atom is -0.377 e. The average Bonchev–Trinajstić information content (AvgIpc) is 2.38. The SMILES string of the molecule is Clc1ncc(COCCC2CCNCC2)c(Cl)n1. The Morgan fingerprint density at radius 3 is 2.83 bits per heavy atom. The molecular formula is C12H17Cl2N3O. The molecule has 0 atom stereocenters. The Kier molecular flexibility index (Phi) is 5.63. The van der Waals surface area contributed by atoms with E-state index in [-0.39, 0.29) is 5.28 Å². The van der Waals surface area contributed by atoms with Crippen LogP contribution in [-0.4, -0.2) is 29.7 Å². The van der Waals surface area contributed by atoms with Gasteiger partial charge in [0.1, 0.15) is 5.15 Å². The predicted octanol–water partition coefficient (Wildman–Crippen LogP) is 2.69. The van der Waals surface area contributed by atoms with Gasteiger partial charge in [-0.25, -0.2) is 9.97 Å². The lowest BCUT2D eigenvalue weighted by Crippen LogP contribution is -2.28. The molecule has 1 N–H and O–H groups in total. The summed E-state index contributed by atoms with van der Waals surface area (Å²) in [7, 11) is 0. The van der Waals surface area contributed by atoms with Crippen molar-refractivity contribution in [2.45, 2.75) is 25.9 Å². The van der Waals surface area contributed by atoms with Gasteiger partial charge in [0.05, 0.1) is 6.61 Å². The molecule has 0 saturated carbocycles. The molecule has 0 radical (unpaired) electrons. The van der Waals surface area contributed by atoms with E-state index in [1.165, 1.54) is 12.8 Å². The fourth-order valence-electron chi connectivity index (χ4n) is 2.07. The van der Waals surface area contributed by atoms with Gasteiger partial charge >= 0.3 is 0 Å². The van der Waals surface area contributed by atoms with E-state index >= 15 is 0 Å². The number of hydrogen-bond acceptors (Lipinski definition) is 4. The van der Waals surface area contributed by atoms with Crippen molar-refractivity contribution >= 4 is 23.2 Å². The van der Waals surface area contributed by atoms with E-state index < -0.39 is 0 Å². The summed E-state index contributed by atoms with van der Waals surface area (Å²) in [5.74, 6) is 0.781. The summed E-state index contributed by atoms with van der Waals surface area (Å²) >= 11 is 11.6. The third-order valence-corrected chi connectivity index (χ3v) is 3.68. The Morgan fingerprint density at radius 2 is 2.11 bits per heavy atom. The standard InChI is InChI=1S/C12H17Cl2N3O/c13-11-10(7-16-12(14)17-11)8-18-6-3-9-1-4-15-5-2-9/h7,9,15H,1-6,8H2. The highest BCUT2D eigenvalue weighted by Crippen LogP contribution is 2.18. The summed E-state index contributed by atoms with van der Waals surface area (Å²) in [6.45, 7) is 3.45. The second-order valence-electron chi connectivity index (χ2n) is 4.49. The number of nitrogens with zero attached hydrogens (tertiary/aromatic N) is 2. The van der Waals surface area contributed by atoms with E-state index in [1.807, 2.05) is 0 Å². The molecule has 1 fully saturated rings. The van der Waals surface area contributed by atoms with Crippen LogP contribution in [0, 0.1) is 5.92 Å². The number of aromatic nitrogens is 2. The highest BCUT2D eigenvalue weighted by Gasteiger charge is 2.12. The Hall–Kier alpha value is -0.420. The van der Waals surface area contributed by atoms with Gasteiger partial charge in [-0.1, -0.05) is 11.6 Å². The number of nitrogens with one attached hydrogen (secondary N) is 1.